The molecule has 0 bridgehead atoms. The molecule has 0 aliphatic heterocycles. The number of nitrogens with zero attached hydrogens (tertiary/aromatic N) is 3. The van der Waals surface area contributed by atoms with Crippen LogP contribution in [0.1, 0.15) is 18.8 Å². The molecule has 1 aromatic rings. The summed E-state index contributed by atoms with van der Waals surface area (Å²) in [7, 11) is 1.80. The van der Waals surface area contributed by atoms with E-state index in [2.05, 4.69) is 20.3 Å². The molecule has 0 aliphatic rings. The van der Waals surface area contributed by atoms with Crippen molar-refractivity contribution in [3.05, 3.63) is 12.2 Å². The molecular formula is C9H15F3N4O. The summed E-state index contributed by atoms with van der Waals surface area (Å²) < 4.78 is 41.5. The Morgan fingerprint density at radius 3 is 2.76 bits per heavy atom. The summed E-state index contributed by atoms with van der Waals surface area (Å²) in [6, 6.07) is -0.0861. The van der Waals surface area contributed by atoms with Gasteiger partial charge in [0.2, 0.25) is 0 Å². The van der Waals surface area contributed by atoms with Crippen molar-refractivity contribution < 1.29 is 17.9 Å². The highest BCUT2D eigenvalue weighted by molar-refractivity contribution is 4.91. The van der Waals surface area contributed by atoms with Gasteiger partial charge in [0.1, 0.15) is 18.8 Å². The van der Waals surface area contributed by atoms with Crippen LogP contribution in [0.15, 0.2) is 6.33 Å². The van der Waals surface area contributed by atoms with Crippen LogP contribution in [0, 0.1) is 0 Å². The number of hydrogen-bond acceptors (Lipinski definition) is 4. The normalized spacial score (nSPS) is 13.9. The maximum absolute atomic E-state index is 11.8. The molecule has 1 heterocycles. The zero-order valence-electron chi connectivity index (χ0n) is 9.66. The first-order chi connectivity index (χ1) is 7.90. The number of aromatic nitrogens is 3. The lowest BCUT2D eigenvalue weighted by Gasteiger charge is -2.13. The molecule has 0 radical (unpaired) electrons. The Morgan fingerprint density at radius 1 is 1.53 bits per heavy atom. The lowest BCUT2D eigenvalue weighted by atomic mass is 10.3. The number of nitrogens with one attached hydrogen (secondary N) is 1. The lowest BCUT2D eigenvalue weighted by molar-refractivity contribution is -0.173. The highest BCUT2D eigenvalue weighted by atomic mass is 19.4. The summed E-state index contributed by atoms with van der Waals surface area (Å²) >= 11 is 0. The highest BCUT2D eigenvalue weighted by Crippen LogP contribution is 2.14. The van der Waals surface area contributed by atoms with Crippen molar-refractivity contribution in [3.8, 4) is 0 Å². The Hall–Kier alpha value is -1.15. The predicted octanol–water partition coefficient (Wildman–Crippen LogP) is 1.04. The quantitative estimate of drug-likeness (QED) is 0.769. The van der Waals surface area contributed by atoms with E-state index in [1.807, 2.05) is 6.92 Å². The van der Waals surface area contributed by atoms with E-state index in [4.69, 9.17) is 0 Å². The second-order valence-electron chi connectivity index (χ2n) is 3.64. The van der Waals surface area contributed by atoms with Gasteiger partial charge in [0, 0.05) is 13.6 Å². The maximum atomic E-state index is 11.8. The van der Waals surface area contributed by atoms with Gasteiger partial charge in [0.25, 0.3) is 0 Å². The van der Waals surface area contributed by atoms with Gasteiger partial charge in [-0.25, -0.2) is 0 Å². The number of halogens is 3. The molecule has 0 saturated heterocycles. The number of aryl methyl sites for hydroxylation is 1. The van der Waals surface area contributed by atoms with Crippen LogP contribution in [-0.4, -0.2) is 40.7 Å². The van der Waals surface area contributed by atoms with Crippen molar-refractivity contribution in [1.29, 1.82) is 0 Å². The second-order valence-corrected chi connectivity index (χ2v) is 3.64. The number of rotatable bonds is 6. The van der Waals surface area contributed by atoms with Crippen LogP contribution in [-0.2, 0) is 11.8 Å². The van der Waals surface area contributed by atoms with Crippen molar-refractivity contribution in [3.63, 3.8) is 0 Å². The minimum Gasteiger partial charge on any atom is -0.371 e. The van der Waals surface area contributed by atoms with Gasteiger partial charge in [-0.1, -0.05) is 0 Å². The average molecular weight is 252 g/mol. The summed E-state index contributed by atoms with van der Waals surface area (Å²) in [5.74, 6) is 0.723. The molecule has 1 unspecified atom stereocenters. The summed E-state index contributed by atoms with van der Waals surface area (Å²) in [5.41, 5.74) is 0. The molecule has 1 aromatic heterocycles. The molecule has 98 valence electrons. The largest absolute Gasteiger partial charge is 0.411 e. The lowest BCUT2D eigenvalue weighted by Crippen LogP contribution is -2.27. The molecule has 0 aromatic carbocycles. The van der Waals surface area contributed by atoms with E-state index in [0.29, 0.717) is 6.54 Å². The van der Waals surface area contributed by atoms with E-state index in [9.17, 15) is 13.2 Å². The van der Waals surface area contributed by atoms with Crippen molar-refractivity contribution >= 4 is 0 Å². The van der Waals surface area contributed by atoms with E-state index >= 15 is 0 Å². The Morgan fingerprint density at radius 2 is 2.24 bits per heavy atom. The van der Waals surface area contributed by atoms with Gasteiger partial charge in [0.15, 0.2) is 0 Å². The SMILES string of the molecule is CC(NCCOCC(F)(F)F)c1nncn1C. The Balaban J connectivity index is 2.17. The fourth-order valence-electron chi connectivity index (χ4n) is 1.31. The molecule has 8 heteroatoms. The minimum atomic E-state index is -4.27. The topological polar surface area (TPSA) is 52.0 Å². The summed E-state index contributed by atoms with van der Waals surface area (Å²) in [5, 5.41) is 10.6. The van der Waals surface area contributed by atoms with Crippen LogP contribution >= 0.6 is 0 Å². The molecule has 0 fully saturated rings. The van der Waals surface area contributed by atoms with Gasteiger partial charge >= 0.3 is 6.18 Å². The van der Waals surface area contributed by atoms with Crippen LogP contribution in [0.5, 0.6) is 0 Å². The van der Waals surface area contributed by atoms with Crippen LogP contribution in [0.25, 0.3) is 0 Å². The molecule has 17 heavy (non-hydrogen) atoms. The van der Waals surface area contributed by atoms with Crippen molar-refractivity contribution in [2.45, 2.75) is 19.1 Å². The summed E-state index contributed by atoms with van der Waals surface area (Å²) in [6.45, 7) is 0.965. The monoisotopic (exact) mass is 252 g/mol. The van der Waals surface area contributed by atoms with E-state index in [1.54, 1.807) is 17.9 Å². The van der Waals surface area contributed by atoms with Crippen molar-refractivity contribution in [2.24, 2.45) is 7.05 Å². The van der Waals surface area contributed by atoms with Crippen molar-refractivity contribution in [2.75, 3.05) is 19.8 Å². The van der Waals surface area contributed by atoms with Gasteiger partial charge in [-0.05, 0) is 6.92 Å². The first-order valence-corrected chi connectivity index (χ1v) is 5.12. The third-order valence-electron chi connectivity index (χ3n) is 2.10. The van der Waals surface area contributed by atoms with Gasteiger partial charge in [-0.2, -0.15) is 13.2 Å². The minimum absolute atomic E-state index is 0.00169. The van der Waals surface area contributed by atoms with Gasteiger partial charge < -0.3 is 14.6 Å². The molecule has 0 amide bonds. The van der Waals surface area contributed by atoms with E-state index in [0.717, 1.165) is 5.82 Å². The standard InChI is InChI=1S/C9H15F3N4O/c1-7(8-15-14-6-16(8)2)13-3-4-17-5-9(10,11)12/h6-7,13H,3-5H2,1-2H3. The third-order valence-corrected chi connectivity index (χ3v) is 2.10. The predicted molar refractivity (Wildman–Crippen MR) is 54.3 cm³/mol. The van der Waals surface area contributed by atoms with Crippen LogP contribution in [0.3, 0.4) is 0 Å². The van der Waals surface area contributed by atoms with Gasteiger partial charge in [0.05, 0.1) is 12.6 Å². The first kappa shape index (κ1) is 13.9. The molecule has 1 atom stereocenters. The molecule has 1 rings (SSSR count). The van der Waals surface area contributed by atoms with Crippen molar-refractivity contribution in [1.82, 2.24) is 20.1 Å². The van der Waals surface area contributed by atoms with Crippen LogP contribution in [0.4, 0.5) is 13.2 Å². The Bertz CT molecular complexity index is 339. The summed E-state index contributed by atoms with van der Waals surface area (Å²) in [6.07, 6.45) is -2.71. The third kappa shape index (κ3) is 5.14. The molecule has 1 N–H and O–H groups in total. The Labute approximate surface area is 97.0 Å². The fraction of sp³-hybridized carbons (Fsp3) is 0.778. The maximum Gasteiger partial charge on any atom is 0.411 e. The smallest absolute Gasteiger partial charge is 0.371 e. The second kappa shape index (κ2) is 5.97. The van der Waals surface area contributed by atoms with Crippen LogP contribution in [0.2, 0.25) is 0 Å². The Kier molecular flexibility index (Phi) is 4.88. The van der Waals surface area contributed by atoms with E-state index in [1.165, 1.54) is 0 Å². The zero-order chi connectivity index (χ0) is 12.9. The molecule has 0 saturated carbocycles. The summed E-state index contributed by atoms with van der Waals surface area (Å²) in [4.78, 5) is 0. The first-order valence-electron chi connectivity index (χ1n) is 5.12. The number of ether oxygens (including phenoxy) is 1. The van der Waals surface area contributed by atoms with Gasteiger partial charge in [-0.3, -0.25) is 0 Å². The highest BCUT2D eigenvalue weighted by Gasteiger charge is 2.27. The van der Waals surface area contributed by atoms with Crippen LogP contribution < -0.4 is 5.32 Å². The number of alkyl halides is 3. The average Bonchev–Trinajstić information content (AvgIpc) is 2.62. The number of hydrogen-bond donors (Lipinski definition) is 1. The van der Waals surface area contributed by atoms with E-state index < -0.39 is 12.8 Å². The molecule has 0 spiro atoms. The fourth-order valence-corrected chi connectivity index (χ4v) is 1.31. The molecule has 0 aliphatic carbocycles. The molecular weight excluding hydrogens is 237 g/mol. The zero-order valence-corrected chi connectivity index (χ0v) is 9.66. The van der Waals surface area contributed by atoms with E-state index in [-0.39, 0.29) is 12.6 Å². The van der Waals surface area contributed by atoms with Gasteiger partial charge in [-0.15, -0.1) is 10.2 Å². The molecule has 5 nitrogen and oxygen atoms in total.